The second-order valence-corrected chi connectivity index (χ2v) is 5.04. The number of hydrazine groups is 1. The molecule has 2 rings (SSSR count). The van der Waals surface area contributed by atoms with E-state index in [9.17, 15) is 14.0 Å². The first-order chi connectivity index (χ1) is 11.5. The van der Waals surface area contributed by atoms with Crippen LogP contribution in [0.25, 0.3) is 6.08 Å². The molecule has 0 saturated heterocycles. The first kappa shape index (κ1) is 17.2. The van der Waals surface area contributed by atoms with Crippen molar-refractivity contribution in [3.8, 4) is 5.75 Å². The lowest BCUT2D eigenvalue weighted by atomic mass is 10.1. The van der Waals surface area contributed by atoms with Crippen molar-refractivity contribution in [2.75, 3.05) is 7.11 Å². The Bertz CT molecular complexity index is 770. The minimum atomic E-state index is -0.535. The number of nitrogens with one attached hydrogen (secondary N) is 2. The van der Waals surface area contributed by atoms with E-state index in [1.165, 1.54) is 31.4 Å². The third-order valence-electron chi connectivity index (χ3n) is 3.22. The Morgan fingerprint density at radius 3 is 2.42 bits per heavy atom. The van der Waals surface area contributed by atoms with Crippen LogP contribution in [0, 0.1) is 12.7 Å². The number of halogens is 1. The molecule has 0 aromatic heterocycles. The number of hydrogen-bond donors (Lipinski definition) is 2. The molecule has 2 amide bonds. The zero-order valence-electron chi connectivity index (χ0n) is 13.3. The van der Waals surface area contributed by atoms with E-state index in [0.717, 1.165) is 5.56 Å². The highest BCUT2D eigenvalue weighted by Gasteiger charge is 2.06. The second-order valence-electron chi connectivity index (χ2n) is 5.04. The number of carbonyl (C=O) groups is 2. The molecule has 0 aliphatic rings. The summed E-state index contributed by atoms with van der Waals surface area (Å²) in [6.07, 6.45) is 2.62. The number of methoxy groups -OCH3 is 1. The van der Waals surface area contributed by atoms with E-state index in [1.807, 2.05) is 6.92 Å². The van der Waals surface area contributed by atoms with Crippen molar-refractivity contribution in [3.63, 3.8) is 0 Å². The van der Waals surface area contributed by atoms with Gasteiger partial charge in [-0.3, -0.25) is 20.4 Å². The average molecular weight is 328 g/mol. The van der Waals surface area contributed by atoms with Gasteiger partial charge < -0.3 is 4.74 Å². The standard InChI is InChI=1S/C18H17FN2O3/c1-12-3-7-14(8-4-12)18(23)21-20-17(22)10-6-13-5-9-16(24-2)15(19)11-13/h3-11H,1-2H3,(H,20,22)(H,21,23)/b10-6+. The molecule has 2 aromatic carbocycles. The Balaban J connectivity index is 1.89. The van der Waals surface area contributed by atoms with Gasteiger partial charge in [-0.25, -0.2) is 4.39 Å². The van der Waals surface area contributed by atoms with Crippen LogP contribution in [0.3, 0.4) is 0 Å². The van der Waals surface area contributed by atoms with Crippen molar-refractivity contribution in [1.82, 2.24) is 10.9 Å². The fourth-order valence-corrected chi connectivity index (χ4v) is 1.90. The van der Waals surface area contributed by atoms with Crippen molar-refractivity contribution >= 4 is 17.9 Å². The van der Waals surface area contributed by atoms with Crippen LogP contribution in [0.4, 0.5) is 4.39 Å². The smallest absolute Gasteiger partial charge is 0.269 e. The molecule has 0 spiro atoms. The van der Waals surface area contributed by atoms with E-state index < -0.39 is 17.6 Å². The molecule has 0 atom stereocenters. The minimum absolute atomic E-state index is 0.127. The van der Waals surface area contributed by atoms with Gasteiger partial charge in [0.25, 0.3) is 11.8 Å². The monoisotopic (exact) mass is 328 g/mol. The molecule has 5 nitrogen and oxygen atoms in total. The molecule has 0 unspecified atom stereocenters. The Hall–Kier alpha value is -3.15. The number of hydrogen-bond acceptors (Lipinski definition) is 3. The lowest BCUT2D eigenvalue weighted by Gasteiger charge is -2.05. The van der Waals surface area contributed by atoms with E-state index >= 15 is 0 Å². The summed E-state index contributed by atoms with van der Waals surface area (Å²) in [5.41, 5.74) is 6.52. The van der Waals surface area contributed by atoms with Gasteiger partial charge in [0.05, 0.1) is 7.11 Å². The van der Waals surface area contributed by atoms with Gasteiger partial charge in [0.2, 0.25) is 0 Å². The van der Waals surface area contributed by atoms with E-state index in [1.54, 1.807) is 30.3 Å². The second kappa shape index (κ2) is 7.92. The molecule has 0 fully saturated rings. The summed E-state index contributed by atoms with van der Waals surface area (Å²) in [6, 6.07) is 11.2. The van der Waals surface area contributed by atoms with Crippen LogP contribution in [0.1, 0.15) is 21.5 Å². The number of carbonyl (C=O) groups excluding carboxylic acids is 2. The van der Waals surface area contributed by atoms with Crippen molar-refractivity contribution in [2.24, 2.45) is 0 Å². The normalized spacial score (nSPS) is 10.5. The molecular formula is C18H17FN2O3. The number of amides is 2. The van der Waals surface area contributed by atoms with Crippen LogP contribution < -0.4 is 15.6 Å². The van der Waals surface area contributed by atoms with Crippen molar-refractivity contribution in [2.45, 2.75) is 6.92 Å². The first-order valence-electron chi connectivity index (χ1n) is 7.18. The molecule has 0 radical (unpaired) electrons. The minimum Gasteiger partial charge on any atom is -0.494 e. The maximum atomic E-state index is 13.5. The molecule has 24 heavy (non-hydrogen) atoms. The third kappa shape index (κ3) is 4.67. The predicted molar refractivity (Wildman–Crippen MR) is 88.8 cm³/mol. The SMILES string of the molecule is COc1ccc(/C=C/C(=O)NNC(=O)c2ccc(C)cc2)cc1F. The Morgan fingerprint density at radius 2 is 1.79 bits per heavy atom. The number of ether oxygens (including phenoxy) is 1. The Morgan fingerprint density at radius 1 is 1.08 bits per heavy atom. The maximum absolute atomic E-state index is 13.5. The summed E-state index contributed by atoms with van der Waals surface area (Å²) in [6.45, 7) is 1.91. The van der Waals surface area contributed by atoms with Crippen LogP contribution in [-0.4, -0.2) is 18.9 Å². The fraction of sp³-hybridized carbons (Fsp3) is 0.111. The average Bonchev–Trinajstić information content (AvgIpc) is 2.58. The highest BCUT2D eigenvalue weighted by Crippen LogP contribution is 2.18. The van der Waals surface area contributed by atoms with Gasteiger partial charge in [-0.15, -0.1) is 0 Å². The van der Waals surface area contributed by atoms with Gasteiger partial charge in [0.15, 0.2) is 11.6 Å². The summed E-state index contributed by atoms with van der Waals surface area (Å²) in [5, 5.41) is 0. The molecule has 0 saturated carbocycles. The lowest BCUT2D eigenvalue weighted by Crippen LogP contribution is -2.40. The molecule has 0 aliphatic heterocycles. The van der Waals surface area contributed by atoms with E-state index in [2.05, 4.69) is 10.9 Å². The van der Waals surface area contributed by atoms with Crippen LogP contribution in [0.15, 0.2) is 48.5 Å². The van der Waals surface area contributed by atoms with Gasteiger partial charge in [0, 0.05) is 11.6 Å². The molecular weight excluding hydrogens is 311 g/mol. The number of benzene rings is 2. The third-order valence-corrected chi connectivity index (χ3v) is 3.22. The molecule has 0 bridgehead atoms. The molecule has 124 valence electrons. The molecule has 2 aromatic rings. The molecule has 2 N–H and O–H groups in total. The van der Waals surface area contributed by atoms with Crippen LogP contribution in [-0.2, 0) is 4.79 Å². The largest absolute Gasteiger partial charge is 0.494 e. The van der Waals surface area contributed by atoms with Crippen molar-refractivity contribution in [3.05, 3.63) is 71.0 Å². The topological polar surface area (TPSA) is 67.4 Å². The van der Waals surface area contributed by atoms with E-state index in [4.69, 9.17) is 4.74 Å². The summed E-state index contributed by atoms with van der Waals surface area (Å²) in [4.78, 5) is 23.5. The van der Waals surface area contributed by atoms with Gasteiger partial charge >= 0.3 is 0 Å². The summed E-state index contributed by atoms with van der Waals surface area (Å²) in [7, 11) is 1.37. The zero-order chi connectivity index (χ0) is 17.5. The van der Waals surface area contributed by atoms with Crippen molar-refractivity contribution < 1.29 is 18.7 Å². The Kier molecular flexibility index (Phi) is 5.68. The molecule has 0 heterocycles. The number of aryl methyl sites for hydroxylation is 1. The highest BCUT2D eigenvalue weighted by atomic mass is 19.1. The zero-order valence-corrected chi connectivity index (χ0v) is 13.3. The van der Waals surface area contributed by atoms with Gasteiger partial charge in [-0.1, -0.05) is 23.8 Å². The summed E-state index contributed by atoms with van der Waals surface area (Å²) >= 11 is 0. The van der Waals surface area contributed by atoms with Crippen LogP contribution in [0.2, 0.25) is 0 Å². The number of rotatable bonds is 4. The van der Waals surface area contributed by atoms with Crippen molar-refractivity contribution in [1.29, 1.82) is 0 Å². The summed E-state index contributed by atoms with van der Waals surface area (Å²) < 4.78 is 18.3. The van der Waals surface area contributed by atoms with Gasteiger partial charge in [-0.05, 0) is 42.8 Å². The van der Waals surface area contributed by atoms with Gasteiger partial charge in [0.1, 0.15) is 0 Å². The highest BCUT2D eigenvalue weighted by molar-refractivity contribution is 5.97. The lowest BCUT2D eigenvalue weighted by molar-refractivity contribution is -0.117. The Labute approximate surface area is 139 Å². The predicted octanol–water partition coefficient (Wildman–Crippen LogP) is 2.62. The van der Waals surface area contributed by atoms with E-state index in [-0.39, 0.29) is 5.75 Å². The van der Waals surface area contributed by atoms with E-state index in [0.29, 0.717) is 11.1 Å². The van der Waals surface area contributed by atoms with Crippen LogP contribution in [0.5, 0.6) is 5.75 Å². The summed E-state index contributed by atoms with van der Waals surface area (Å²) in [5.74, 6) is -1.35. The maximum Gasteiger partial charge on any atom is 0.269 e. The van der Waals surface area contributed by atoms with Crippen LogP contribution >= 0.6 is 0 Å². The molecule has 6 heteroatoms. The molecule has 0 aliphatic carbocycles. The first-order valence-corrected chi connectivity index (χ1v) is 7.18. The quantitative estimate of drug-likeness (QED) is 0.670. The fourth-order valence-electron chi connectivity index (χ4n) is 1.90. The van der Waals surface area contributed by atoms with Gasteiger partial charge in [-0.2, -0.15) is 0 Å².